The van der Waals surface area contributed by atoms with E-state index in [2.05, 4.69) is 31.2 Å². The van der Waals surface area contributed by atoms with Crippen LogP contribution in [0.1, 0.15) is 24.6 Å². The van der Waals surface area contributed by atoms with E-state index in [-0.39, 0.29) is 5.82 Å². The van der Waals surface area contributed by atoms with Crippen LogP contribution in [-0.2, 0) is 0 Å². The second-order valence-electron chi connectivity index (χ2n) is 4.85. The average Bonchev–Trinajstić information content (AvgIpc) is 2.92. The van der Waals surface area contributed by atoms with Gasteiger partial charge in [-0.2, -0.15) is 0 Å². The summed E-state index contributed by atoms with van der Waals surface area (Å²) in [6, 6.07) is 4.93. The van der Waals surface area contributed by atoms with Crippen LogP contribution in [0.25, 0.3) is 11.3 Å². The first kappa shape index (κ1) is 12.8. The van der Waals surface area contributed by atoms with Gasteiger partial charge in [-0.25, -0.2) is 9.37 Å². The molecule has 0 amide bonds. The van der Waals surface area contributed by atoms with Crippen LogP contribution < -0.4 is 5.32 Å². The molecule has 0 aliphatic carbocycles. The molecule has 3 rings (SSSR count). The Labute approximate surface area is 119 Å². The smallest absolute Gasteiger partial charge is 0.132 e. The number of piperidine rings is 1. The van der Waals surface area contributed by atoms with Gasteiger partial charge in [0.2, 0.25) is 0 Å². The van der Waals surface area contributed by atoms with Crippen LogP contribution in [0, 0.1) is 5.82 Å². The molecule has 0 spiro atoms. The van der Waals surface area contributed by atoms with Crippen molar-refractivity contribution in [2.45, 2.75) is 18.8 Å². The van der Waals surface area contributed by atoms with Crippen molar-refractivity contribution >= 4 is 15.9 Å². The van der Waals surface area contributed by atoms with E-state index in [1.807, 2.05) is 0 Å². The minimum atomic E-state index is -0.236. The van der Waals surface area contributed by atoms with Crippen LogP contribution in [0.4, 0.5) is 4.39 Å². The summed E-state index contributed by atoms with van der Waals surface area (Å²) in [7, 11) is 0. The topological polar surface area (TPSA) is 40.7 Å². The van der Waals surface area contributed by atoms with E-state index in [1.54, 1.807) is 18.3 Å². The molecular formula is C14H15BrFN3. The number of H-pyrrole nitrogens is 1. The number of rotatable bonds is 2. The molecular weight excluding hydrogens is 309 g/mol. The number of aromatic amines is 1. The van der Waals surface area contributed by atoms with E-state index in [0.29, 0.717) is 11.5 Å². The van der Waals surface area contributed by atoms with Crippen LogP contribution in [0.2, 0.25) is 0 Å². The number of imidazole rings is 1. The Bertz CT molecular complexity index is 576. The maximum atomic E-state index is 13.8. The number of nitrogens with one attached hydrogen (secondary N) is 2. The third kappa shape index (κ3) is 2.72. The second kappa shape index (κ2) is 5.43. The van der Waals surface area contributed by atoms with Gasteiger partial charge >= 0.3 is 0 Å². The van der Waals surface area contributed by atoms with Crippen molar-refractivity contribution < 1.29 is 4.39 Å². The highest BCUT2D eigenvalue weighted by Crippen LogP contribution is 2.27. The summed E-state index contributed by atoms with van der Waals surface area (Å²) in [4.78, 5) is 7.66. The molecule has 2 aromatic rings. The van der Waals surface area contributed by atoms with Crippen molar-refractivity contribution in [1.29, 1.82) is 0 Å². The molecule has 1 unspecified atom stereocenters. The van der Waals surface area contributed by atoms with E-state index in [4.69, 9.17) is 0 Å². The highest BCUT2D eigenvalue weighted by Gasteiger charge is 2.19. The Balaban J connectivity index is 1.89. The Hall–Kier alpha value is -1.20. The highest BCUT2D eigenvalue weighted by atomic mass is 79.9. The summed E-state index contributed by atoms with van der Waals surface area (Å²) in [5, 5.41) is 3.36. The van der Waals surface area contributed by atoms with Crippen molar-refractivity contribution in [1.82, 2.24) is 15.3 Å². The second-order valence-corrected chi connectivity index (χ2v) is 5.77. The lowest BCUT2D eigenvalue weighted by Crippen LogP contribution is -2.28. The zero-order valence-electron chi connectivity index (χ0n) is 10.4. The molecule has 3 nitrogen and oxygen atoms in total. The number of benzene rings is 1. The number of aromatic nitrogens is 2. The predicted octanol–water partition coefficient (Wildman–Crippen LogP) is 3.45. The Kier molecular flexibility index (Phi) is 3.66. The van der Waals surface area contributed by atoms with E-state index in [9.17, 15) is 4.39 Å². The Morgan fingerprint density at radius 2 is 2.26 bits per heavy atom. The number of hydrogen-bond donors (Lipinski definition) is 2. The van der Waals surface area contributed by atoms with Crippen molar-refractivity contribution in [3.8, 4) is 11.3 Å². The standard InChI is InChI=1S/C14H15BrFN3/c15-10-3-4-12(16)11(6-10)13-8-18-14(19-13)9-2-1-5-17-7-9/h3-4,6,8-9,17H,1-2,5,7H2,(H,18,19). The predicted molar refractivity (Wildman–Crippen MR) is 76.5 cm³/mol. The zero-order chi connectivity index (χ0) is 13.2. The normalized spacial score (nSPS) is 19.6. The van der Waals surface area contributed by atoms with Crippen molar-refractivity contribution in [2.24, 2.45) is 0 Å². The summed E-state index contributed by atoms with van der Waals surface area (Å²) in [5.74, 6) is 1.11. The van der Waals surface area contributed by atoms with Crippen molar-refractivity contribution in [3.63, 3.8) is 0 Å². The van der Waals surface area contributed by atoms with Crippen molar-refractivity contribution in [3.05, 3.63) is 40.5 Å². The average molecular weight is 324 g/mol. The van der Waals surface area contributed by atoms with Crippen LogP contribution >= 0.6 is 15.9 Å². The van der Waals surface area contributed by atoms with Gasteiger partial charge in [-0.05, 0) is 37.6 Å². The first-order valence-corrected chi connectivity index (χ1v) is 7.24. The van der Waals surface area contributed by atoms with Crippen molar-refractivity contribution in [2.75, 3.05) is 13.1 Å². The highest BCUT2D eigenvalue weighted by molar-refractivity contribution is 9.10. The summed E-state index contributed by atoms with van der Waals surface area (Å²) >= 11 is 3.37. The fourth-order valence-electron chi connectivity index (χ4n) is 2.47. The third-order valence-electron chi connectivity index (χ3n) is 3.50. The van der Waals surface area contributed by atoms with Gasteiger partial charge in [0.05, 0.1) is 11.9 Å². The molecule has 100 valence electrons. The Morgan fingerprint density at radius 3 is 3.05 bits per heavy atom. The molecule has 2 heterocycles. The summed E-state index contributed by atoms with van der Waals surface area (Å²) in [6.45, 7) is 2.01. The lowest BCUT2D eigenvalue weighted by molar-refractivity contribution is 0.449. The SMILES string of the molecule is Fc1ccc(Br)cc1-c1cnc(C2CCCNC2)[nH]1. The van der Waals surface area contributed by atoms with Gasteiger partial charge in [0, 0.05) is 22.5 Å². The molecule has 1 atom stereocenters. The molecule has 5 heteroatoms. The number of halogens is 2. The molecule has 1 aromatic carbocycles. The van der Waals surface area contributed by atoms with Gasteiger partial charge in [-0.1, -0.05) is 15.9 Å². The number of nitrogens with zero attached hydrogens (tertiary/aromatic N) is 1. The molecule has 1 fully saturated rings. The quantitative estimate of drug-likeness (QED) is 0.888. The van der Waals surface area contributed by atoms with Gasteiger partial charge in [0.15, 0.2) is 0 Å². The van der Waals surface area contributed by atoms with Gasteiger partial charge < -0.3 is 10.3 Å². The fraction of sp³-hybridized carbons (Fsp3) is 0.357. The van der Waals surface area contributed by atoms with Gasteiger partial charge in [-0.15, -0.1) is 0 Å². The maximum absolute atomic E-state index is 13.8. The molecule has 2 N–H and O–H groups in total. The van der Waals surface area contributed by atoms with Gasteiger partial charge in [0.25, 0.3) is 0 Å². The van der Waals surface area contributed by atoms with Gasteiger partial charge in [-0.3, -0.25) is 0 Å². The van der Waals surface area contributed by atoms with E-state index in [1.165, 1.54) is 6.07 Å². The maximum Gasteiger partial charge on any atom is 0.132 e. The lowest BCUT2D eigenvalue weighted by Gasteiger charge is -2.20. The molecule has 19 heavy (non-hydrogen) atoms. The first-order valence-electron chi connectivity index (χ1n) is 6.45. The summed E-state index contributed by atoms with van der Waals surface area (Å²) in [5.41, 5.74) is 1.29. The van der Waals surface area contributed by atoms with Crippen LogP contribution in [-0.4, -0.2) is 23.1 Å². The monoisotopic (exact) mass is 323 g/mol. The first-order chi connectivity index (χ1) is 9.24. The molecule has 1 saturated heterocycles. The molecule has 1 aromatic heterocycles. The van der Waals surface area contributed by atoms with E-state index < -0.39 is 0 Å². The zero-order valence-corrected chi connectivity index (χ0v) is 12.0. The minimum Gasteiger partial charge on any atom is -0.342 e. The van der Waals surface area contributed by atoms with Gasteiger partial charge in [0.1, 0.15) is 11.6 Å². The minimum absolute atomic E-state index is 0.236. The Morgan fingerprint density at radius 1 is 1.37 bits per heavy atom. The molecule has 0 saturated carbocycles. The van der Waals surface area contributed by atoms with Crippen LogP contribution in [0.5, 0.6) is 0 Å². The molecule has 1 aliphatic rings. The molecule has 0 bridgehead atoms. The summed E-state index contributed by atoms with van der Waals surface area (Å²) in [6.07, 6.45) is 4.00. The van der Waals surface area contributed by atoms with E-state index >= 15 is 0 Å². The molecule has 0 radical (unpaired) electrons. The largest absolute Gasteiger partial charge is 0.342 e. The third-order valence-corrected chi connectivity index (χ3v) is 3.99. The lowest BCUT2D eigenvalue weighted by atomic mass is 9.99. The van der Waals surface area contributed by atoms with Crippen LogP contribution in [0.3, 0.4) is 0 Å². The van der Waals surface area contributed by atoms with E-state index in [0.717, 1.165) is 41.9 Å². The summed E-state index contributed by atoms with van der Waals surface area (Å²) < 4.78 is 14.7. The van der Waals surface area contributed by atoms with Crippen LogP contribution in [0.15, 0.2) is 28.9 Å². The number of hydrogen-bond acceptors (Lipinski definition) is 2. The molecule has 1 aliphatic heterocycles. The fourth-order valence-corrected chi connectivity index (χ4v) is 2.83.